The van der Waals surface area contributed by atoms with Gasteiger partial charge in [0.1, 0.15) is 5.82 Å². The molecule has 2 heterocycles. The molecular formula is C15H23N5O. The summed E-state index contributed by atoms with van der Waals surface area (Å²) in [6.45, 7) is 7.15. The van der Waals surface area contributed by atoms with Crippen LogP contribution in [-0.2, 0) is 0 Å². The molecule has 0 aromatic carbocycles. The van der Waals surface area contributed by atoms with Crippen LogP contribution in [0.2, 0.25) is 0 Å². The lowest BCUT2D eigenvalue weighted by Crippen LogP contribution is -2.57. The van der Waals surface area contributed by atoms with Crippen LogP contribution in [0.1, 0.15) is 33.6 Å². The van der Waals surface area contributed by atoms with Crippen molar-refractivity contribution in [2.75, 3.05) is 17.2 Å². The summed E-state index contributed by atoms with van der Waals surface area (Å²) in [4.78, 5) is 9.00. The van der Waals surface area contributed by atoms with Gasteiger partial charge in [0.25, 0.3) is 0 Å². The van der Waals surface area contributed by atoms with Gasteiger partial charge in [-0.1, -0.05) is 20.8 Å². The van der Waals surface area contributed by atoms with E-state index in [0.29, 0.717) is 0 Å². The highest BCUT2D eigenvalue weighted by Gasteiger charge is 2.47. The fraction of sp³-hybridized carbons (Fsp3) is 0.600. The molecule has 0 bridgehead atoms. The van der Waals surface area contributed by atoms with Crippen LogP contribution in [0.15, 0.2) is 18.6 Å². The Balaban J connectivity index is 1.88. The molecule has 2 aromatic rings. The molecule has 2 unspecified atom stereocenters. The van der Waals surface area contributed by atoms with Crippen molar-refractivity contribution in [2.24, 2.45) is 5.41 Å². The lowest BCUT2D eigenvalue weighted by atomic mass is 9.64. The smallest absolute Gasteiger partial charge is 0.180 e. The second kappa shape index (κ2) is 5.18. The number of aromatic nitrogens is 3. The van der Waals surface area contributed by atoms with Gasteiger partial charge >= 0.3 is 0 Å². The van der Waals surface area contributed by atoms with Crippen LogP contribution in [0.3, 0.4) is 0 Å². The summed E-state index contributed by atoms with van der Waals surface area (Å²) in [5, 5.41) is 16.6. The first-order valence-corrected chi connectivity index (χ1v) is 7.54. The van der Waals surface area contributed by atoms with Crippen molar-refractivity contribution in [2.45, 2.75) is 45.8 Å². The Kier molecular flexibility index (Phi) is 3.49. The van der Waals surface area contributed by atoms with Gasteiger partial charge in [0, 0.05) is 30.4 Å². The van der Waals surface area contributed by atoms with E-state index in [4.69, 9.17) is 0 Å². The summed E-state index contributed by atoms with van der Waals surface area (Å²) >= 11 is 0. The van der Waals surface area contributed by atoms with Crippen LogP contribution in [0.4, 0.5) is 11.6 Å². The number of imidazole rings is 1. The molecule has 3 N–H and O–H groups in total. The Hall–Kier alpha value is -1.82. The number of aliphatic hydroxyl groups excluding tert-OH is 1. The lowest BCUT2D eigenvalue weighted by molar-refractivity contribution is -0.0511. The van der Waals surface area contributed by atoms with Crippen LogP contribution < -0.4 is 10.6 Å². The van der Waals surface area contributed by atoms with Gasteiger partial charge in [0.2, 0.25) is 0 Å². The number of nitrogens with one attached hydrogen (secondary N) is 2. The Morgan fingerprint density at radius 1 is 1.48 bits per heavy atom. The summed E-state index contributed by atoms with van der Waals surface area (Å²) < 4.78 is 1.97. The molecule has 0 saturated heterocycles. The summed E-state index contributed by atoms with van der Waals surface area (Å²) in [7, 11) is 0. The number of hydrogen-bond acceptors (Lipinski definition) is 5. The van der Waals surface area contributed by atoms with Crippen LogP contribution in [0.25, 0.3) is 5.65 Å². The van der Waals surface area contributed by atoms with Crippen molar-refractivity contribution >= 4 is 17.3 Å². The SMILES string of the molecule is CCCNc1cn2ccnc2c(NC2CC(O)C2(C)C)n1. The average Bonchev–Trinajstić information content (AvgIpc) is 2.93. The molecule has 0 spiro atoms. The molecule has 3 rings (SSSR count). The summed E-state index contributed by atoms with van der Waals surface area (Å²) in [6, 6.07) is 0.210. The Bertz CT molecular complexity index is 636. The minimum Gasteiger partial charge on any atom is -0.392 e. The van der Waals surface area contributed by atoms with Crippen molar-refractivity contribution in [3.63, 3.8) is 0 Å². The van der Waals surface area contributed by atoms with Crippen molar-refractivity contribution < 1.29 is 5.11 Å². The maximum Gasteiger partial charge on any atom is 0.180 e. The van der Waals surface area contributed by atoms with E-state index in [1.807, 2.05) is 16.8 Å². The number of nitrogens with zero attached hydrogens (tertiary/aromatic N) is 3. The Morgan fingerprint density at radius 2 is 2.29 bits per heavy atom. The molecular weight excluding hydrogens is 266 g/mol. The zero-order valence-electron chi connectivity index (χ0n) is 12.8. The Morgan fingerprint density at radius 3 is 2.95 bits per heavy atom. The molecule has 0 amide bonds. The van der Waals surface area contributed by atoms with Gasteiger partial charge in [-0.25, -0.2) is 9.97 Å². The molecule has 6 nitrogen and oxygen atoms in total. The maximum absolute atomic E-state index is 9.87. The average molecular weight is 289 g/mol. The first-order valence-electron chi connectivity index (χ1n) is 7.54. The molecule has 21 heavy (non-hydrogen) atoms. The normalized spacial score (nSPS) is 23.8. The summed E-state index contributed by atoms with van der Waals surface area (Å²) in [6.07, 6.45) is 7.17. The molecule has 2 atom stereocenters. The second-order valence-electron chi connectivity index (χ2n) is 6.33. The molecule has 0 radical (unpaired) electrons. The highest BCUT2D eigenvalue weighted by molar-refractivity contribution is 5.66. The van der Waals surface area contributed by atoms with E-state index in [-0.39, 0.29) is 17.6 Å². The summed E-state index contributed by atoms with van der Waals surface area (Å²) in [5.41, 5.74) is 0.673. The van der Waals surface area contributed by atoms with E-state index in [1.165, 1.54) is 0 Å². The first-order chi connectivity index (χ1) is 10.0. The van der Waals surface area contributed by atoms with E-state index in [9.17, 15) is 5.11 Å². The molecule has 6 heteroatoms. The minimum absolute atomic E-state index is 0.141. The second-order valence-corrected chi connectivity index (χ2v) is 6.33. The van der Waals surface area contributed by atoms with Gasteiger partial charge in [-0.05, 0) is 12.8 Å². The quantitative estimate of drug-likeness (QED) is 0.786. The van der Waals surface area contributed by atoms with Gasteiger partial charge in [-0.15, -0.1) is 0 Å². The molecule has 1 saturated carbocycles. The van der Waals surface area contributed by atoms with Crippen molar-refractivity contribution in [3.8, 4) is 0 Å². The van der Waals surface area contributed by atoms with Crippen molar-refractivity contribution in [3.05, 3.63) is 18.6 Å². The van der Waals surface area contributed by atoms with Gasteiger partial charge < -0.3 is 20.1 Å². The predicted octanol–water partition coefficient (Wildman–Crippen LogP) is 2.12. The number of aliphatic hydroxyl groups is 1. The zero-order chi connectivity index (χ0) is 15.0. The Labute approximate surface area is 124 Å². The molecule has 1 aliphatic carbocycles. The summed E-state index contributed by atoms with van der Waals surface area (Å²) in [5.74, 6) is 1.61. The number of hydrogen-bond donors (Lipinski definition) is 3. The maximum atomic E-state index is 9.87. The van der Waals surface area contributed by atoms with Crippen molar-refractivity contribution in [1.29, 1.82) is 0 Å². The van der Waals surface area contributed by atoms with Crippen LogP contribution >= 0.6 is 0 Å². The minimum atomic E-state index is -0.257. The topological polar surface area (TPSA) is 74.5 Å². The van der Waals surface area contributed by atoms with Crippen molar-refractivity contribution in [1.82, 2.24) is 14.4 Å². The fourth-order valence-electron chi connectivity index (χ4n) is 2.68. The monoisotopic (exact) mass is 289 g/mol. The third kappa shape index (κ3) is 2.44. The highest BCUT2D eigenvalue weighted by Crippen LogP contribution is 2.42. The van der Waals surface area contributed by atoms with E-state index in [2.05, 4.69) is 41.4 Å². The predicted molar refractivity (Wildman–Crippen MR) is 83.6 cm³/mol. The molecule has 114 valence electrons. The molecule has 1 fully saturated rings. The lowest BCUT2D eigenvalue weighted by Gasteiger charge is -2.49. The number of anilines is 2. The fourth-order valence-corrected chi connectivity index (χ4v) is 2.68. The first kappa shape index (κ1) is 14.1. The third-order valence-corrected chi connectivity index (χ3v) is 4.46. The zero-order valence-corrected chi connectivity index (χ0v) is 12.8. The van der Waals surface area contributed by atoms with Crippen LogP contribution in [-0.4, -0.2) is 38.2 Å². The van der Waals surface area contributed by atoms with Gasteiger partial charge in [0.15, 0.2) is 11.5 Å². The van der Waals surface area contributed by atoms with E-state index < -0.39 is 0 Å². The van der Waals surface area contributed by atoms with Gasteiger partial charge in [-0.2, -0.15) is 0 Å². The number of rotatable bonds is 5. The molecule has 2 aromatic heterocycles. The van der Waals surface area contributed by atoms with Crippen LogP contribution in [0, 0.1) is 5.41 Å². The van der Waals surface area contributed by atoms with E-state index in [1.54, 1.807) is 6.20 Å². The number of fused-ring (bicyclic) bond motifs is 1. The van der Waals surface area contributed by atoms with E-state index in [0.717, 1.165) is 36.7 Å². The molecule has 1 aliphatic rings. The standard InChI is InChI=1S/C15H23N5O/c1-4-5-16-12-9-20-7-6-17-14(20)13(19-12)18-10-8-11(21)15(10,2)3/h6-7,9-11,16,21H,4-5,8H2,1-3H3,(H,18,19). The van der Waals surface area contributed by atoms with Gasteiger partial charge in [-0.3, -0.25) is 0 Å². The largest absolute Gasteiger partial charge is 0.392 e. The van der Waals surface area contributed by atoms with E-state index >= 15 is 0 Å². The highest BCUT2D eigenvalue weighted by atomic mass is 16.3. The van der Waals surface area contributed by atoms with Crippen LogP contribution in [0.5, 0.6) is 0 Å². The molecule has 0 aliphatic heterocycles. The van der Waals surface area contributed by atoms with Gasteiger partial charge in [0.05, 0.1) is 12.3 Å². The third-order valence-electron chi connectivity index (χ3n) is 4.46.